The third-order valence-electron chi connectivity index (χ3n) is 3.09. The molecule has 2 heterocycles. The summed E-state index contributed by atoms with van der Waals surface area (Å²) >= 11 is 0. The number of fused-ring (bicyclic) bond motifs is 1. The number of hydrogen-bond donors (Lipinski definition) is 1. The van der Waals surface area contributed by atoms with Gasteiger partial charge in [-0.25, -0.2) is 4.98 Å². The highest BCUT2D eigenvalue weighted by molar-refractivity contribution is 5.80. The number of benzene rings is 1. The van der Waals surface area contributed by atoms with Gasteiger partial charge in [-0.05, 0) is 30.7 Å². The molecule has 0 atom stereocenters. The zero-order chi connectivity index (χ0) is 14.5. The zero-order valence-corrected chi connectivity index (χ0v) is 11.4. The Balaban J connectivity index is 1.81. The molecule has 5 nitrogen and oxygen atoms in total. The van der Waals surface area contributed by atoms with Gasteiger partial charge in [0.25, 0.3) is 0 Å². The highest BCUT2D eigenvalue weighted by atomic mass is 16.5. The average Bonchev–Trinajstić information content (AvgIpc) is 2.96. The Hall–Kier alpha value is -2.87. The number of nitrogens with one attached hydrogen (secondary N) is 1. The number of imidazole rings is 1. The number of pyridine rings is 1. The van der Waals surface area contributed by atoms with Crippen molar-refractivity contribution in [2.45, 2.75) is 12.8 Å². The first-order chi connectivity index (χ1) is 10.4. The minimum Gasteiger partial charge on any atom is -0.493 e. The molecule has 0 radical (unpaired) electrons. The fourth-order valence-corrected chi connectivity index (χ4v) is 2.06. The van der Waals surface area contributed by atoms with Crippen LogP contribution >= 0.6 is 0 Å². The van der Waals surface area contributed by atoms with Crippen LogP contribution in [-0.4, -0.2) is 21.6 Å². The topological polar surface area (TPSA) is 74.6 Å². The molecular weight excluding hydrogens is 264 g/mol. The van der Waals surface area contributed by atoms with Crippen molar-refractivity contribution < 1.29 is 4.74 Å². The van der Waals surface area contributed by atoms with Crippen LogP contribution in [0.2, 0.25) is 0 Å². The van der Waals surface area contributed by atoms with Crippen molar-refractivity contribution >= 4 is 11.0 Å². The normalized spacial score (nSPS) is 10.4. The molecule has 0 bridgehead atoms. The summed E-state index contributed by atoms with van der Waals surface area (Å²) in [4.78, 5) is 11.9. The molecule has 3 rings (SSSR count). The Morgan fingerprint density at radius 1 is 1.29 bits per heavy atom. The summed E-state index contributed by atoms with van der Waals surface area (Å²) in [7, 11) is 0. The molecule has 3 aromatic rings. The largest absolute Gasteiger partial charge is 0.493 e. The lowest BCUT2D eigenvalue weighted by Gasteiger charge is -2.03. The second kappa shape index (κ2) is 6.06. The van der Waals surface area contributed by atoms with Gasteiger partial charge in [0.05, 0.1) is 23.7 Å². The van der Waals surface area contributed by atoms with Gasteiger partial charge in [0.2, 0.25) is 0 Å². The lowest BCUT2D eigenvalue weighted by atomic mass is 10.3. The average molecular weight is 278 g/mol. The number of aromatic nitrogens is 3. The third kappa shape index (κ3) is 3.00. The van der Waals surface area contributed by atoms with Crippen LogP contribution in [0.25, 0.3) is 22.4 Å². The van der Waals surface area contributed by atoms with E-state index in [9.17, 15) is 0 Å². The molecule has 0 spiro atoms. The third-order valence-corrected chi connectivity index (χ3v) is 3.09. The predicted octanol–water partition coefficient (Wildman–Crippen LogP) is 3.31. The first-order valence-corrected chi connectivity index (χ1v) is 6.77. The second-order valence-corrected chi connectivity index (χ2v) is 4.62. The number of hydrogen-bond acceptors (Lipinski definition) is 4. The highest BCUT2D eigenvalue weighted by Gasteiger charge is 2.06. The van der Waals surface area contributed by atoms with Gasteiger partial charge in [0.1, 0.15) is 11.6 Å². The number of unbranched alkanes of at least 4 members (excludes halogenated alkanes) is 1. The smallest absolute Gasteiger partial charge is 0.140 e. The van der Waals surface area contributed by atoms with Gasteiger partial charge in [0, 0.05) is 30.4 Å². The van der Waals surface area contributed by atoms with Gasteiger partial charge >= 0.3 is 0 Å². The minimum absolute atomic E-state index is 0.511. The second-order valence-electron chi connectivity index (χ2n) is 4.62. The van der Waals surface area contributed by atoms with Crippen LogP contribution in [0.15, 0.2) is 42.7 Å². The van der Waals surface area contributed by atoms with Crippen molar-refractivity contribution in [2.24, 2.45) is 0 Å². The molecule has 0 aliphatic rings. The summed E-state index contributed by atoms with van der Waals surface area (Å²) in [5.41, 5.74) is 2.76. The van der Waals surface area contributed by atoms with E-state index >= 15 is 0 Å². The monoisotopic (exact) mass is 278 g/mol. The Bertz CT molecular complexity index is 774. The maximum absolute atomic E-state index is 8.49. The first kappa shape index (κ1) is 13.1. The molecule has 1 N–H and O–H groups in total. The summed E-state index contributed by atoms with van der Waals surface area (Å²) in [6.07, 6.45) is 4.76. The van der Waals surface area contributed by atoms with Crippen molar-refractivity contribution in [3.63, 3.8) is 0 Å². The molecule has 0 fully saturated rings. The summed E-state index contributed by atoms with van der Waals surface area (Å²) in [6.45, 7) is 0.544. The van der Waals surface area contributed by atoms with Crippen molar-refractivity contribution in [2.75, 3.05) is 6.61 Å². The van der Waals surface area contributed by atoms with E-state index in [2.05, 4.69) is 21.0 Å². The van der Waals surface area contributed by atoms with E-state index in [1.54, 1.807) is 12.4 Å². The summed E-state index contributed by atoms with van der Waals surface area (Å²) < 4.78 is 5.62. The molecule has 104 valence electrons. The lowest BCUT2D eigenvalue weighted by molar-refractivity contribution is 0.313. The van der Waals surface area contributed by atoms with Crippen LogP contribution in [0.3, 0.4) is 0 Å². The fraction of sp³-hybridized carbons (Fsp3) is 0.188. The molecule has 0 amide bonds. The molecule has 21 heavy (non-hydrogen) atoms. The number of nitriles is 1. The minimum atomic E-state index is 0.511. The van der Waals surface area contributed by atoms with Crippen molar-refractivity contribution in [1.82, 2.24) is 15.0 Å². The van der Waals surface area contributed by atoms with E-state index < -0.39 is 0 Å². The number of aromatic amines is 1. The Kier molecular flexibility index (Phi) is 3.79. The first-order valence-electron chi connectivity index (χ1n) is 6.77. The maximum atomic E-state index is 8.49. The Morgan fingerprint density at radius 3 is 3.05 bits per heavy atom. The van der Waals surface area contributed by atoms with Crippen molar-refractivity contribution in [1.29, 1.82) is 5.26 Å². The fourth-order valence-electron chi connectivity index (χ4n) is 2.06. The van der Waals surface area contributed by atoms with E-state index in [1.165, 1.54) is 0 Å². The maximum Gasteiger partial charge on any atom is 0.140 e. The summed E-state index contributed by atoms with van der Waals surface area (Å²) in [5, 5.41) is 8.49. The number of rotatable bonds is 5. The standard InChI is InChI=1S/C16H14N4O/c17-7-1-2-9-21-13-5-6-14-15(10-13)20-16(19-14)12-4-3-8-18-11-12/h3-6,8,10-11H,1-2,9H2,(H,19,20). The summed E-state index contributed by atoms with van der Waals surface area (Å²) in [6, 6.07) is 11.7. The van der Waals surface area contributed by atoms with Gasteiger partial charge in [-0.15, -0.1) is 0 Å². The molecule has 2 aromatic heterocycles. The predicted molar refractivity (Wildman–Crippen MR) is 79.7 cm³/mol. The summed E-state index contributed by atoms with van der Waals surface area (Å²) in [5.74, 6) is 1.57. The Morgan fingerprint density at radius 2 is 2.24 bits per heavy atom. The van der Waals surface area contributed by atoms with Gasteiger partial charge in [-0.3, -0.25) is 4.98 Å². The van der Waals surface area contributed by atoms with E-state index in [0.29, 0.717) is 13.0 Å². The van der Waals surface area contributed by atoms with Crippen LogP contribution in [0.1, 0.15) is 12.8 Å². The molecule has 0 aliphatic heterocycles. The molecule has 0 aliphatic carbocycles. The van der Waals surface area contributed by atoms with Crippen molar-refractivity contribution in [3.05, 3.63) is 42.7 Å². The SMILES string of the molecule is N#CCCCOc1ccc2nc(-c3cccnc3)[nH]c2c1. The quantitative estimate of drug-likeness (QED) is 0.726. The van der Waals surface area contributed by atoms with E-state index in [1.807, 2.05) is 30.3 Å². The van der Waals surface area contributed by atoms with Gasteiger partial charge in [0.15, 0.2) is 0 Å². The van der Waals surface area contributed by atoms with Crippen LogP contribution < -0.4 is 4.74 Å². The van der Waals surface area contributed by atoms with Crippen LogP contribution in [0.5, 0.6) is 5.75 Å². The lowest BCUT2D eigenvalue weighted by Crippen LogP contribution is -1.96. The van der Waals surface area contributed by atoms with Crippen LogP contribution in [0, 0.1) is 11.3 Å². The highest BCUT2D eigenvalue weighted by Crippen LogP contribution is 2.23. The van der Waals surface area contributed by atoms with E-state index in [-0.39, 0.29) is 0 Å². The van der Waals surface area contributed by atoms with E-state index in [4.69, 9.17) is 10.00 Å². The Labute approximate surface area is 122 Å². The molecule has 0 unspecified atom stereocenters. The van der Waals surface area contributed by atoms with Crippen LogP contribution in [0.4, 0.5) is 0 Å². The van der Waals surface area contributed by atoms with Crippen molar-refractivity contribution in [3.8, 4) is 23.2 Å². The molecule has 1 aromatic carbocycles. The van der Waals surface area contributed by atoms with Crippen LogP contribution in [-0.2, 0) is 0 Å². The van der Waals surface area contributed by atoms with Gasteiger partial charge < -0.3 is 9.72 Å². The molecule has 0 saturated carbocycles. The molecule has 5 heteroatoms. The molecular formula is C16H14N4O. The van der Waals surface area contributed by atoms with E-state index in [0.717, 1.165) is 34.6 Å². The number of nitrogens with zero attached hydrogens (tertiary/aromatic N) is 3. The van der Waals surface area contributed by atoms with Gasteiger partial charge in [-0.1, -0.05) is 0 Å². The zero-order valence-electron chi connectivity index (χ0n) is 11.4. The molecule has 0 saturated heterocycles. The van der Waals surface area contributed by atoms with Gasteiger partial charge in [-0.2, -0.15) is 5.26 Å². The number of H-pyrrole nitrogens is 1. The number of ether oxygens (including phenoxy) is 1.